The van der Waals surface area contributed by atoms with Crippen LogP contribution in [0.2, 0.25) is 5.02 Å². The van der Waals surface area contributed by atoms with Gasteiger partial charge >= 0.3 is 0 Å². The van der Waals surface area contributed by atoms with Crippen molar-refractivity contribution in [3.05, 3.63) is 53.3 Å². The largest absolute Gasteiger partial charge is 0.390 e. The Morgan fingerprint density at radius 3 is 2.95 bits per heavy atom. The van der Waals surface area contributed by atoms with Crippen LogP contribution < -0.4 is 5.32 Å². The number of nitrogens with one attached hydrogen (secondary N) is 1. The molecule has 0 radical (unpaired) electrons. The van der Waals surface area contributed by atoms with E-state index in [1.807, 2.05) is 43.5 Å². The van der Waals surface area contributed by atoms with E-state index in [0.717, 1.165) is 10.6 Å². The molecular formula is C14H18ClN3O. The Bertz CT molecular complexity index is 501. The molecule has 1 unspecified atom stereocenters. The minimum Gasteiger partial charge on any atom is -0.390 e. The maximum atomic E-state index is 9.92. The summed E-state index contributed by atoms with van der Waals surface area (Å²) in [5.74, 6) is 0. The Hall–Kier alpha value is -1.36. The Balaban J connectivity index is 1.81. The van der Waals surface area contributed by atoms with E-state index in [0.29, 0.717) is 13.1 Å². The fraction of sp³-hybridized carbons (Fsp3) is 0.357. The smallest absolute Gasteiger partial charge is 0.0860 e. The van der Waals surface area contributed by atoms with Crippen LogP contribution in [0.25, 0.3) is 0 Å². The number of halogens is 1. The summed E-state index contributed by atoms with van der Waals surface area (Å²) < 4.78 is 1.72. The highest BCUT2D eigenvalue weighted by atomic mass is 35.5. The first-order valence-corrected chi connectivity index (χ1v) is 6.67. The second-order valence-corrected chi connectivity index (χ2v) is 5.00. The van der Waals surface area contributed by atoms with Crippen LogP contribution in [0.5, 0.6) is 0 Å². The molecule has 2 atom stereocenters. The third-order valence-corrected chi connectivity index (χ3v) is 3.20. The second-order valence-electron chi connectivity index (χ2n) is 4.57. The molecule has 2 rings (SSSR count). The highest BCUT2D eigenvalue weighted by Gasteiger charge is 2.09. The summed E-state index contributed by atoms with van der Waals surface area (Å²) >= 11 is 5.96. The normalized spacial score (nSPS) is 14.3. The van der Waals surface area contributed by atoms with Crippen LogP contribution in [-0.2, 0) is 6.54 Å². The van der Waals surface area contributed by atoms with Gasteiger partial charge in [-0.3, -0.25) is 4.68 Å². The van der Waals surface area contributed by atoms with E-state index in [-0.39, 0.29) is 6.04 Å². The second kappa shape index (κ2) is 6.70. The molecule has 5 heteroatoms. The molecule has 0 aliphatic rings. The topological polar surface area (TPSA) is 50.1 Å². The van der Waals surface area contributed by atoms with Crippen molar-refractivity contribution in [1.82, 2.24) is 15.1 Å². The van der Waals surface area contributed by atoms with Gasteiger partial charge in [0.15, 0.2) is 0 Å². The summed E-state index contributed by atoms with van der Waals surface area (Å²) in [5.41, 5.74) is 1.11. The fourth-order valence-corrected chi connectivity index (χ4v) is 2.09. The van der Waals surface area contributed by atoms with Gasteiger partial charge in [-0.05, 0) is 30.7 Å². The van der Waals surface area contributed by atoms with Crippen LogP contribution in [0.1, 0.15) is 18.5 Å². The number of nitrogens with zero attached hydrogens (tertiary/aromatic N) is 2. The van der Waals surface area contributed by atoms with Gasteiger partial charge < -0.3 is 10.4 Å². The zero-order valence-corrected chi connectivity index (χ0v) is 11.6. The van der Waals surface area contributed by atoms with Crippen molar-refractivity contribution in [3.63, 3.8) is 0 Å². The molecule has 0 saturated heterocycles. The highest BCUT2D eigenvalue weighted by molar-refractivity contribution is 6.30. The van der Waals surface area contributed by atoms with Crippen molar-refractivity contribution in [3.8, 4) is 0 Å². The number of aliphatic hydroxyl groups excluding tert-OH is 1. The predicted molar refractivity (Wildman–Crippen MR) is 76.1 cm³/mol. The van der Waals surface area contributed by atoms with Gasteiger partial charge in [-0.2, -0.15) is 5.10 Å². The van der Waals surface area contributed by atoms with Crippen LogP contribution >= 0.6 is 11.6 Å². The Kier molecular flexibility index (Phi) is 4.96. The molecule has 0 aliphatic heterocycles. The molecule has 19 heavy (non-hydrogen) atoms. The van der Waals surface area contributed by atoms with Crippen molar-refractivity contribution in [2.45, 2.75) is 25.6 Å². The molecule has 0 spiro atoms. The van der Waals surface area contributed by atoms with E-state index in [4.69, 9.17) is 11.6 Å². The van der Waals surface area contributed by atoms with E-state index < -0.39 is 6.10 Å². The lowest BCUT2D eigenvalue weighted by molar-refractivity contribution is 0.143. The number of benzene rings is 1. The highest BCUT2D eigenvalue weighted by Crippen LogP contribution is 2.17. The lowest BCUT2D eigenvalue weighted by atomic mass is 10.1. The molecule has 1 heterocycles. The molecule has 2 aromatic rings. The van der Waals surface area contributed by atoms with Gasteiger partial charge in [0.05, 0.1) is 12.6 Å². The quantitative estimate of drug-likeness (QED) is 0.853. The molecule has 0 bridgehead atoms. The van der Waals surface area contributed by atoms with Gasteiger partial charge in [-0.1, -0.05) is 23.7 Å². The first-order valence-electron chi connectivity index (χ1n) is 6.29. The first-order chi connectivity index (χ1) is 9.15. The van der Waals surface area contributed by atoms with E-state index in [2.05, 4.69) is 10.4 Å². The lowest BCUT2D eigenvalue weighted by Crippen LogP contribution is -2.32. The molecule has 1 aromatic heterocycles. The van der Waals surface area contributed by atoms with Gasteiger partial charge in [-0.15, -0.1) is 0 Å². The van der Waals surface area contributed by atoms with Crippen LogP contribution in [0.3, 0.4) is 0 Å². The standard InChI is InChI=1S/C14H18ClN3O/c1-11(12-4-2-5-13(15)8-12)16-9-14(19)10-18-7-3-6-17-18/h2-8,11,14,16,19H,9-10H2,1H3/t11-,14?/m0/s1. The van der Waals surface area contributed by atoms with Crippen molar-refractivity contribution in [1.29, 1.82) is 0 Å². The van der Waals surface area contributed by atoms with Crippen molar-refractivity contribution in [2.75, 3.05) is 6.54 Å². The molecular weight excluding hydrogens is 262 g/mol. The van der Waals surface area contributed by atoms with Crippen molar-refractivity contribution >= 4 is 11.6 Å². The fourth-order valence-electron chi connectivity index (χ4n) is 1.90. The predicted octanol–water partition coefficient (Wildman–Crippen LogP) is 2.25. The number of hydrogen-bond donors (Lipinski definition) is 2. The summed E-state index contributed by atoms with van der Waals surface area (Å²) in [6.07, 6.45) is 3.07. The van der Waals surface area contributed by atoms with E-state index in [1.54, 1.807) is 10.9 Å². The van der Waals surface area contributed by atoms with Gasteiger partial charge in [0.1, 0.15) is 0 Å². The van der Waals surface area contributed by atoms with Crippen LogP contribution in [0.4, 0.5) is 0 Å². The zero-order chi connectivity index (χ0) is 13.7. The van der Waals surface area contributed by atoms with E-state index >= 15 is 0 Å². The number of hydrogen-bond acceptors (Lipinski definition) is 3. The molecule has 4 nitrogen and oxygen atoms in total. The number of aliphatic hydroxyl groups is 1. The Morgan fingerprint density at radius 2 is 2.26 bits per heavy atom. The van der Waals surface area contributed by atoms with Gasteiger partial charge in [0.25, 0.3) is 0 Å². The molecule has 0 amide bonds. The number of aromatic nitrogens is 2. The van der Waals surface area contributed by atoms with Gasteiger partial charge in [-0.25, -0.2) is 0 Å². The van der Waals surface area contributed by atoms with Crippen molar-refractivity contribution in [2.24, 2.45) is 0 Å². The average Bonchev–Trinajstić information content (AvgIpc) is 2.88. The molecule has 0 aliphatic carbocycles. The first kappa shape index (κ1) is 14.1. The summed E-state index contributed by atoms with van der Waals surface area (Å²) in [6, 6.07) is 9.71. The van der Waals surface area contributed by atoms with Gasteiger partial charge in [0, 0.05) is 30.0 Å². The molecule has 0 saturated carbocycles. The maximum Gasteiger partial charge on any atom is 0.0860 e. The number of rotatable bonds is 6. The van der Waals surface area contributed by atoms with E-state index in [1.165, 1.54) is 0 Å². The van der Waals surface area contributed by atoms with Crippen LogP contribution in [-0.4, -0.2) is 27.5 Å². The van der Waals surface area contributed by atoms with Crippen molar-refractivity contribution < 1.29 is 5.11 Å². The molecule has 2 N–H and O–H groups in total. The Morgan fingerprint density at radius 1 is 1.42 bits per heavy atom. The molecule has 1 aromatic carbocycles. The summed E-state index contributed by atoms with van der Waals surface area (Å²) in [4.78, 5) is 0. The summed E-state index contributed by atoms with van der Waals surface area (Å²) in [6.45, 7) is 3.04. The minimum absolute atomic E-state index is 0.144. The SMILES string of the molecule is C[C@H](NCC(O)Cn1cccn1)c1cccc(Cl)c1. The molecule has 0 fully saturated rings. The molecule has 102 valence electrons. The maximum absolute atomic E-state index is 9.92. The summed E-state index contributed by atoms with van der Waals surface area (Å²) in [5, 5.41) is 18.0. The average molecular weight is 280 g/mol. The third kappa shape index (κ3) is 4.35. The minimum atomic E-state index is -0.471. The Labute approximate surface area is 118 Å². The van der Waals surface area contributed by atoms with E-state index in [9.17, 15) is 5.11 Å². The van der Waals surface area contributed by atoms with Crippen LogP contribution in [0, 0.1) is 0 Å². The van der Waals surface area contributed by atoms with Crippen LogP contribution in [0.15, 0.2) is 42.7 Å². The lowest BCUT2D eigenvalue weighted by Gasteiger charge is -2.17. The summed E-state index contributed by atoms with van der Waals surface area (Å²) in [7, 11) is 0. The zero-order valence-electron chi connectivity index (χ0n) is 10.8. The third-order valence-electron chi connectivity index (χ3n) is 2.97. The van der Waals surface area contributed by atoms with Gasteiger partial charge in [0.2, 0.25) is 0 Å². The monoisotopic (exact) mass is 279 g/mol.